The number of rotatable bonds is 6. The Morgan fingerprint density at radius 3 is 2.26 bits per heavy atom. The van der Waals surface area contributed by atoms with Gasteiger partial charge in [0.05, 0.1) is 32.2 Å². The standard InChI is InChI=1S/C31H30N2O5/c1-37-25-12-13-26-27(22-6-4-3-5-7-22)19-29(34)33(28(26)18-25)20-21-8-10-23(11-9-21)30(35)32-16-14-24(15-17-32)31(36)38-2/h3-13,18-19,24H,14-17,20H2,1-2H3. The molecular weight excluding hydrogens is 480 g/mol. The van der Waals surface area contributed by atoms with Crippen molar-refractivity contribution < 1.29 is 19.1 Å². The summed E-state index contributed by atoms with van der Waals surface area (Å²) in [6.45, 7) is 1.41. The topological polar surface area (TPSA) is 77.8 Å². The number of carbonyl (C=O) groups excluding carboxylic acids is 2. The molecule has 0 radical (unpaired) electrons. The van der Waals surface area contributed by atoms with E-state index in [0.717, 1.165) is 27.6 Å². The lowest BCUT2D eigenvalue weighted by Crippen LogP contribution is -2.40. The SMILES string of the molecule is COC(=O)C1CCN(C(=O)c2ccc(Cn3c(=O)cc(-c4ccccc4)c4ccc(OC)cc43)cc2)CC1. The van der Waals surface area contributed by atoms with Crippen molar-refractivity contribution in [1.82, 2.24) is 9.47 Å². The average Bonchev–Trinajstić information content (AvgIpc) is 2.98. The van der Waals surface area contributed by atoms with E-state index in [-0.39, 0.29) is 23.4 Å². The first-order valence-electron chi connectivity index (χ1n) is 12.7. The van der Waals surface area contributed by atoms with Gasteiger partial charge >= 0.3 is 5.97 Å². The maximum atomic E-state index is 13.3. The summed E-state index contributed by atoms with van der Waals surface area (Å²) in [5, 5.41) is 0.957. The third-order valence-electron chi connectivity index (χ3n) is 7.26. The minimum atomic E-state index is -0.210. The first-order chi connectivity index (χ1) is 18.5. The van der Waals surface area contributed by atoms with Crippen LogP contribution >= 0.6 is 0 Å². The molecule has 0 saturated carbocycles. The van der Waals surface area contributed by atoms with E-state index in [1.54, 1.807) is 34.8 Å². The molecule has 1 aromatic heterocycles. The number of hydrogen-bond donors (Lipinski definition) is 0. The minimum Gasteiger partial charge on any atom is -0.497 e. The van der Waals surface area contributed by atoms with Crippen LogP contribution in [0.5, 0.6) is 5.75 Å². The molecule has 4 aromatic rings. The fraction of sp³-hybridized carbons (Fsp3) is 0.258. The van der Waals surface area contributed by atoms with Gasteiger partial charge in [0.2, 0.25) is 0 Å². The van der Waals surface area contributed by atoms with Crippen molar-refractivity contribution in [2.24, 2.45) is 5.92 Å². The second-order valence-electron chi connectivity index (χ2n) is 9.52. The van der Waals surface area contributed by atoms with Crippen LogP contribution < -0.4 is 10.3 Å². The number of hydrogen-bond acceptors (Lipinski definition) is 5. The van der Waals surface area contributed by atoms with Gasteiger partial charge in [0.15, 0.2) is 0 Å². The van der Waals surface area contributed by atoms with Gasteiger partial charge in [0.1, 0.15) is 5.75 Å². The van der Waals surface area contributed by atoms with Gasteiger partial charge in [-0.05, 0) is 53.8 Å². The Labute approximate surface area is 221 Å². The molecular formula is C31H30N2O5. The van der Waals surface area contributed by atoms with Gasteiger partial charge in [0.25, 0.3) is 11.5 Å². The Balaban J connectivity index is 1.40. The van der Waals surface area contributed by atoms with Gasteiger partial charge in [-0.2, -0.15) is 0 Å². The Hall–Kier alpha value is -4.39. The minimum absolute atomic E-state index is 0.0561. The van der Waals surface area contributed by atoms with E-state index >= 15 is 0 Å². The van der Waals surface area contributed by atoms with Crippen LogP contribution in [0.25, 0.3) is 22.0 Å². The Kier molecular flexibility index (Phi) is 7.26. The van der Waals surface area contributed by atoms with Crippen LogP contribution in [0, 0.1) is 5.92 Å². The monoisotopic (exact) mass is 510 g/mol. The molecule has 0 bridgehead atoms. The second-order valence-corrected chi connectivity index (χ2v) is 9.52. The molecule has 7 nitrogen and oxygen atoms in total. The third-order valence-corrected chi connectivity index (χ3v) is 7.26. The van der Waals surface area contributed by atoms with Crippen molar-refractivity contribution in [3.8, 4) is 16.9 Å². The number of ether oxygens (including phenoxy) is 2. The third kappa shape index (κ3) is 5.05. The molecule has 1 amide bonds. The molecule has 3 aromatic carbocycles. The van der Waals surface area contributed by atoms with E-state index in [0.29, 0.717) is 43.8 Å². The number of aromatic nitrogens is 1. The average molecular weight is 511 g/mol. The summed E-state index contributed by atoms with van der Waals surface area (Å²) in [6, 6.07) is 24.7. The van der Waals surface area contributed by atoms with Crippen molar-refractivity contribution in [2.75, 3.05) is 27.3 Å². The van der Waals surface area contributed by atoms with Crippen molar-refractivity contribution >= 4 is 22.8 Å². The summed E-state index contributed by atoms with van der Waals surface area (Å²) in [4.78, 5) is 39.9. The number of piperidine rings is 1. The van der Waals surface area contributed by atoms with Gasteiger partial charge in [-0.1, -0.05) is 42.5 Å². The highest BCUT2D eigenvalue weighted by Gasteiger charge is 2.28. The number of esters is 1. The first-order valence-corrected chi connectivity index (χ1v) is 12.7. The van der Waals surface area contributed by atoms with Crippen LogP contribution in [0.2, 0.25) is 0 Å². The number of likely N-dealkylation sites (tertiary alicyclic amines) is 1. The van der Waals surface area contributed by atoms with Crippen molar-refractivity contribution in [2.45, 2.75) is 19.4 Å². The predicted octanol–water partition coefficient (Wildman–Crippen LogP) is 4.75. The Bertz CT molecular complexity index is 1520. The molecule has 0 unspecified atom stereocenters. The van der Waals surface area contributed by atoms with Crippen LogP contribution in [0.3, 0.4) is 0 Å². The van der Waals surface area contributed by atoms with E-state index in [4.69, 9.17) is 9.47 Å². The summed E-state index contributed by atoms with van der Waals surface area (Å²) >= 11 is 0. The molecule has 194 valence electrons. The largest absolute Gasteiger partial charge is 0.497 e. The highest BCUT2D eigenvalue weighted by atomic mass is 16.5. The molecule has 1 aliphatic heterocycles. The smallest absolute Gasteiger partial charge is 0.308 e. The molecule has 0 aliphatic carbocycles. The van der Waals surface area contributed by atoms with E-state index in [9.17, 15) is 14.4 Å². The number of benzene rings is 3. The number of methoxy groups -OCH3 is 2. The maximum Gasteiger partial charge on any atom is 0.308 e. The Morgan fingerprint density at radius 1 is 0.895 bits per heavy atom. The number of amides is 1. The number of pyridine rings is 1. The number of nitrogens with zero attached hydrogens (tertiary/aromatic N) is 2. The molecule has 38 heavy (non-hydrogen) atoms. The van der Waals surface area contributed by atoms with Gasteiger partial charge in [-0.3, -0.25) is 14.4 Å². The molecule has 0 atom stereocenters. The molecule has 0 spiro atoms. The maximum absolute atomic E-state index is 13.3. The predicted molar refractivity (Wildman–Crippen MR) is 146 cm³/mol. The lowest BCUT2D eigenvalue weighted by molar-refractivity contribution is -0.146. The van der Waals surface area contributed by atoms with Crippen LogP contribution in [0.15, 0.2) is 83.7 Å². The van der Waals surface area contributed by atoms with E-state index in [1.807, 2.05) is 60.7 Å². The fourth-order valence-electron chi connectivity index (χ4n) is 5.11. The van der Waals surface area contributed by atoms with E-state index in [1.165, 1.54) is 7.11 Å². The molecule has 1 fully saturated rings. The van der Waals surface area contributed by atoms with E-state index in [2.05, 4.69) is 0 Å². The molecule has 7 heteroatoms. The molecule has 1 aliphatic rings. The van der Waals surface area contributed by atoms with Crippen molar-refractivity contribution in [3.05, 3.63) is 100 Å². The summed E-state index contributed by atoms with van der Waals surface area (Å²) in [6.07, 6.45) is 1.21. The second kappa shape index (κ2) is 10.9. The summed E-state index contributed by atoms with van der Waals surface area (Å²) in [5.74, 6) is 0.261. The fourth-order valence-corrected chi connectivity index (χ4v) is 5.11. The van der Waals surface area contributed by atoms with Gasteiger partial charge < -0.3 is 18.9 Å². The first kappa shape index (κ1) is 25.3. The zero-order valence-corrected chi connectivity index (χ0v) is 21.6. The van der Waals surface area contributed by atoms with Gasteiger partial charge in [-0.15, -0.1) is 0 Å². The summed E-state index contributed by atoms with van der Waals surface area (Å²) in [5.41, 5.74) is 4.02. The van der Waals surface area contributed by atoms with Crippen LogP contribution in [0.4, 0.5) is 0 Å². The molecule has 5 rings (SSSR count). The van der Waals surface area contributed by atoms with Gasteiger partial charge in [0, 0.05) is 36.2 Å². The quantitative estimate of drug-likeness (QED) is 0.350. The highest BCUT2D eigenvalue weighted by Crippen LogP contribution is 2.30. The van der Waals surface area contributed by atoms with Gasteiger partial charge in [-0.25, -0.2) is 0 Å². The Morgan fingerprint density at radius 2 is 1.61 bits per heavy atom. The van der Waals surface area contributed by atoms with Crippen LogP contribution in [-0.2, 0) is 16.1 Å². The molecule has 0 N–H and O–H groups in total. The van der Waals surface area contributed by atoms with Crippen LogP contribution in [0.1, 0.15) is 28.8 Å². The lowest BCUT2D eigenvalue weighted by Gasteiger charge is -2.30. The van der Waals surface area contributed by atoms with E-state index < -0.39 is 0 Å². The number of carbonyl (C=O) groups is 2. The normalized spacial score (nSPS) is 13.9. The lowest BCUT2D eigenvalue weighted by atomic mass is 9.96. The van der Waals surface area contributed by atoms with Crippen molar-refractivity contribution in [3.63, 3.8) is 0 Å². The molecule has 2 heterocycles. The van der Waals surface area contributed by atoms with Crippen LogP contribution in [-0.4, -0.2) is 48.7 Å². The summed E-state index contributed by atoms with van der Waals surface area (Å²) in [7, 11) is 3.00. The number of fused-ring (bicyclic) bond motifs is 1. The van der Waals surface area contributed by atoms with Crippen molar-refractivity contribution in [1.29, 1.82) is 0 Å². The zero-order chi connectivity index (χ0) is 26.6. The molecule has 1 saturated heterocycles. The zero-order valence-electron chi connectivity index (χ0n) is 21.6. The summed E-state index contributed by atoms with van der Waals surface area (Å²) < 4.78 is 12.0. The highest BCUT2D eigenvalue weighted by molar-refractivity contribution is 5.96.